The number of hydrogen-bond donors (Lipinski definition) is 1. The van der Waals surface area contributed by atoms with Crippen LogP contribution in [0.15, 0.2) is 23.1 Å². The molecule has 0 aromatic heterocycles. The molecule has 1 aromatic carbocycles. The molecule has 0 amide bonds. The van der Waals surface area contributed by atoms with E-state index in [2.05, 4.69) is 0 Å². The SMILES string of the molecule is Cl.NCC1CCN(S(=O)(=O)c2ccc(Cl)cc2[N+](=O)[O-])CC1. The van der Waals surface area contributed by atoms with E-state index in [0.717, 1.165) is 6.07 Å². The minimum Gasteiger partial charge on any atom is -0.330 e. The Kier molecular flexibility index (Phi) is 6.57. The van der Waals surface area contributed by atoms with Gasteiger partial charge < -0.3 is 5.73 Å². The summed E-state index contributed by atoms with van der Waals surface area (Å²) >= 11 is 5.71. The van der Waals surface area contributed by atoms with Gasteiger partial charge in [0.2, 0.25) is 10.0 Å². The quantitative estimate of drug-likeness (QED) is 0.645. The molecular formula is C12H17Cl2N3O4S. The molecule has 1 aliphatic rings. The number of hydrogen-bond acceptors (Lipinski definition) is 5. The standard InChI is InChI=1S/C12H16ClN3O4S.ClH/c13-10-1-2-12(11(7-10)16(17)18)21(19,20)15-5-3-9(8-14)4-6-15;/h1-2,7,9H,3-6,8,14H2;1H. The summed E-state index contributed by atoms with van der Waals surface area (Å²) in [5, 5.41) is 11.2. The third-order valence-electron chi connectivity index (χ3n) is 3.64. The highest BCUT2D eigenvalue weighted by Gasteiger charge is 2.34. The predicted molar refractivity (Wildman–Crippen MR) is 85.9 cm³/mol. The number of piperidine rings is 1. The second kappa shape index (κ2) is 7.56. The Labute approximate surface area is 140 Å². The van der Waals surface area contributed by atoms with Crippen LogP contribution in [-0.4, -0.2) is 37.3 Å². The zero-order chi connectivity index (χ0) is 15.6. The molecule has 1 heterocycles. The Balaban J connectivity index is 0.00000242. The van der Waals surface area contributed by atoms with Crippen molar-refractivity contribution in [3.05, 3.63) is 33.3 Å². The molecule has 0 unspecified atom stereocenters. The van der Waals surface area contributed by atoms with Crippen LogP contribution < -0.4 is 5.73 Å². The first-order valence-electron chi connectivity index (χ1n) is 6.50. The maximum absolute atomic E-state index is 12.6. The highest BCUT2D eigenvalue weighted by Crippen LogP contribution is 2.31. The van der Waals surface area contributed by atoms with Gasteiger partial charge in [-0.15, -0.1) is 12.4 Å². The number of nitro groups is 1. The van der Waals surface area contributed by atoms with Crippen LogP contribution in [0.1, 0.15) is 12.8 Å². The molecule has 1 aliphatic heterocycles. The Morgan fingerprint density at radius 3 is 2.45 bits per heavy atom. The number of benzene rings is 1. The Morgan fingerprint density at radius 1 is 1.36 bits per heavy atom. The van der Waals surface area contributed by atoms with Crippen molar-refractivity contribution in [3.63, 3.8) is 0 Å². The highest BCUT2D eigenvalue weighted by atomic mass is 35.5. The van der Waals surface area contributed by atoms with E-state index in [4.69, 9.17) is 17.3 Å². The Hall–Kier alpha value is -0.930. The molecule has 0 atom stereocenters. The van der Waals surface area contributed by atoms with Crippen molar-refractivity contribution < 1.29 is 13.3 Å². The molecule has 22 heavy (non-hydrogen) atoms. The average molecular weight is 370 g/mol. The number of sulfonamides is 1. The zero-order valence-corrected chi connectivity index (χ0v) is 14.0. The second-order valence-corrected chi connectivity index (χ2v) is 7.30. The number of rotatable bonds is 4. The van der Waals surface area contributed by atoms with Crippen molar-refractivity contribution in [1.29, 1.82) is 0 Å². The lowest BCUT2D eigenvalue weighted by Crippen LogP contribution is -2.40. The van der Waals surface area contributed by atoms with Crippen LogP contribution in [0.25, 0.3) is 0 Å². The summed E-state index contributed by atoms with van der Waals surface area (Å²) in [7, 11) is -3.89. The van der Waals surface area contributed by atoms with E-state index in [0.29, 0.717) is 38.4 Å². The number of nitro benzene ring substituents is 1. The van der Waals surface area contributed by atoms with Gasteiger partial charge in [-0.3, -0.25) is 10.1 Å². The fourth-order valence-electron chi connectivity index (χ4n) is 2.38. The summed E-state index contributed by atoms with van der Waals surface area (Å²) in [5.41, 5.74) is 5.08. The van der Waals surface area contributed by atoms with E-state index in [1.807, 2.05) is 0 Å². The second-order valence-electron chi connectivity index (χ2n) is 4.95. The molecule has 2 rings (SSSR count). The minimum absolute atomic E-state index is 0. The predicted octanol–water partition coefficient (Wildman–Crippen LogP) is 2.03. The summed E-state index contributed by atoms with van der Waals surface area (Å²) in [6, 6.07) is 3.58. The summed E-state index contributed by atoms with van der Waals surface area (Å²) in [5.74, 6) is 0.302. The molecule has 0 aliphatic carbocycles. The van der Waals surface area contributed by atoms with Crippen LogP contribution in [-0.2, 0) is 10.0 Å². The summed E-state index contributed by atoms with van der Waals surface area (Å²) in [4.78, 5) is 10.0. The van der Waals surface area contributed by atoms with E-state index < -0.39 is 20.6 Å². The van der Waals surface area contributed by atoms with Gasteiger partial charge in [0.05, 0.1) is 4.92 Å². The van der Waals surface area contributed by atoms with Crippen LogP contribution in [0.2, 0.25) is 5.02 Å². The Morgan fingerprint density at radius 2 is 1.95 bits per heavy atom. The van der Waals surface area contributed by atoms with Crippen molar-refractivity contribution in [1.82, 2.24) is 4.31 Å². The van der Waals surface area contributed by atoms with Crippen molar-refractivity contribution in [2.45, 2.75) is 17.7 Å². The number of nitrogens with zero attached hydrogens (tertiary/aromatic N) is 2. The maximum Gasteiger partial charge on any atom is 0.290 e. The first-order valence-corrected chi connectivity index (χ1v) is 8.32. The minimum atomic E-state index is -3.89. The fourth-order valence-corrected chi connectivity index (χ4v) is 4.15. The van der Waals surface area contributed by atoms with Crippen molar-refractivity contribution in [2.24, 2.45) is 11.7 Å². The molecule has 1 saturated heterocycles. The molecule has 124 valence electrons. The van der Waals surface area contributed by atoms with Crippen LogP contribution in [0.3, 0.4) is 0 Å². The van der Waals surface area contributed by atoms with Gasteiger partial charge in [-0.1, -0.05) is 11.6 Å². The zero-order valence-electron chi connectivity index (χ0n) is 11.6. The van der Waals surface area contributed by atoms with Gasteiger partial charge in [0.15, 0.2) is 4.90 Å². The van der Waals surface area contributed by atoms with E-state index in [-0.39, 0.29) is 22.3 Å². The lowest BCUT2D eigenvalue weighted by Gasteiger charge is -2.30. The molecule has 0 bridgehead atoms. The van der Waals surface area contributed by atoms with Crippen LogP contribution in [0.4, 0.5) is 5.69 Å². The summed E-state index contributed by atoms with van der Waals surface area (Å²) < 4.78 is 26.4. The molecule has 1 aromatic rings. The van der Waals surface area contributed by atoms with Gasteiger partial charge in [-0.05, 0) is 37.4 Å². The third-order valence-corrected chi connectivity index (χ3v) is 5.82. The first-order chi connectivity index (χ1) is 9.86. The van der Waals surface area contributed by atoms with Crippen LogP contribution >= 0.6 is 24.0 Å². The maximum atomic E-state index is 12.6. The van der Waals surface area contributed by atoms with E-state index in [1.54, 1.807) is 0 Å². The number of nitrogens with two attached hydrogens (primary N) is 1. The van der Waals surface area contributed by atoms with E-state index in [1.165, 1.54) is 16.4 Å². The Bertz CT molecular complexity index is 646. The lowest BCUT2D eigenvalue weighted by atomic mass is 9.99. The van der Waals surface area contributed by atoms with Crippen molar-refractivity contribution in [2.75, 3.05) is 19.6 Å². The van der Waals surface area contributed by atoms with Gasteiger partial charge in [-0.25, -0.2) is 8.42 Å². The van der Waals surface area contributed by atoms with Gasteiger partial charge in [0, 0.05) is 24.2 Å². The molecule has 0 saturated carbocycles. The van der Waals surface area contributed by atoms with Crippen LogP contribution in [0.5, 0.6) is 0 Å². The van der Waals surface area contributed by atoms with Gasteiger partial charge in [0.1, 0.15) is 0 Å². The monoisotopic (exact) mass is 369 g/mol. The van der Waals surface area contributed by atoms with E-state index in [9.17, 15) is 18.5 Å². The molecule has 10 heteroatoms. The summed E-state index contributed by atoms with van der Waals surface area (Å²) in [6.07, 6.45) is 1.33. The molecular weight excluding hydrogens is 353 g/mol. The number of halogens is 2. The van der Waals surface area contributed by atoms with Crippen molar-refractivity contribution in [3.8, 4) is 0 Å². The summed E-state index contributed by atoms with van der Waals surface area (Å²) in [6.45, 7) is 1.17. The average Bonchev–Trinajstić information content (AvgIpc) is 2.47. The molecule has 7 nitrogen and oxygen atoms in total. The fraction of sp³-hybridized carbons (Fsp3) is 0.500. The van der Waals surface area contributed by atoms with Gasteiger partial charge in [-0.2, -0.15) is 4.31 Å². The van der Waals surface area contributed by atoms with Gasteiger partial charge in [0.25, 0.3) is 5.69 Å². The van der Waals surface area contributed by atoms with Gasteiger partial charge >= 0.3 is 0 Å². The molecule has 1 fully saturated rings. The normalized spacial score (nSPS) is 17.0. The van der Waals surface area contributed by atoms with Crippen molar-refractivity contribution >= 4 is 39.7 Å². The lowest BCUT2D eigenvalue weighted by molar-refractivity contribution is -0.387. The molecule has 0 spiro atoms. The molecule has 2 N–H and O–H groups in total. The van der Waals surface area contributed by atoms with E-state index >= 15 is 0 Å². The molecule has 0 radical (unpaired) electrons. The topological polar surface area (TPSA) is 107 Å². The largest absolute Gasteiger partial charge is 0.330 e. The van der Waals surface area contributed by atoms with Crippen LogP contribution in [0, 0.1) is 16.0 Å². The highest BCUT2D eigenvalue weighted by molar-refractivity contribution is 7.89. The third kappa shape index (κ3) is 3.88. The first kappa shape index (κ1) is 19.1. The smallest absolute Gasteiger partial charge is 0.290 e.